The van der Waals surface area contributed by atoms with Crippen molar-refractivity contribution in [3.05, 3.63) is 59.2 Å². The molecule has 0 saturated carbocycles. The number of amides is 1. The lowest BCUT2D eigenvalue weighted by Crippen LogP contribution is -2.42. The highest BCUT2D eigenvalue weighted by Crippen LogP contribution is 2.23. The summed E-state index contributed by atoms with van der Waals surface area (Å²) in [6.07, 6.45) is 4.06. The van der Waals surface area contributed by atoms with E-state index < -0.39 is 22.6 Å². The highest BCUT2D eigenvalue weighted by Gasteiger charge is 2.29. The molecule has 0 aromatic heterocycles. The summed E-state index contributed by atoms with van der Waals surface area (Å²) in [7, 11) is -3.97. The number of ether oxygens (including phenoxy) is 2. The maximum absolute atomic E-state index is 13.1. The number of nitrogens with zero attached hydrogens (tertiary/aromatic N) is 1. The van der Waals surface area contributed by atoms with Crippen LogP contribution < -0.4 is 4.72 Å². The predicted molar refractivity (Wildman–Crippen MR) is 143 cm³/mol. The van der Waals surface area contributed by atoms with E-state index in [-0.39, 0.29) is 28.3 Å². The lowest BCUT2D eigenvalue weighted by Gasteiger charge is -2.30. The van der Waals surface area contributed by atoms with Crippen molar-refractivity contribution in [2.24, 2.45) is 5.92 Å². The Morgan fingerprint density at radius 2 is 1.68 bits per heavy atom. The van der Waals surface area contributed by atoms with Gasteiger partial charge in [0, 0.05) is 18.8 Å². The number of aryl methyl sites for hydroxylation is 2. The minimum atomic E-state index is -3.97. The van der Waals surface area contributed by atoms with Gasteiger partial charge in [-0.2, -0.15) is 0 Å². The Kier molecular flexibility index (Phi) is 10.3. The molecule has 0 unspecified atom stereocenters. The zero-order valence-corrected chi connectivity index (χ0v) is 23.0. The number of nitrogens with one attached hydrogen (secondary N) is 1. The highest BCUT2D eigenvalue weighted by atomic mass is 32.2. The molecule has 0 aliphatic carbocycles. The summed E-state index contributed by atoms with van der Waals surface area (Å²) in [6, 6.07) is 11.5. The summed E-state index contributed by atoms with van der Waals surface area (Å²) in [4.78, 5) is 38.6. The fourth-order valence-electron chi connectivity index (χ4n) is 4.27. The Morgan fingerprint density at radius 3 is 2.32 bits per heavy atom. The first kappa shape index (κ1) is 29.2. The molecule has 0 spiro atoms. The molecule has 1 fully saturated rings. The molecular formula is C28H36N2O7S. The number of anilines is 1. The van der Waals surface area contributed by atoms with Gasteiger partial charge in [0.15, 0.2) is 6.61 Å². The lowest BCUT2D eigenvalue weighted by atomic mass is 9.97. The molecule has 2 aromatic rings. The number of esters is 2. The van der Waals surface area contributed by atoms with Crippen molar-refractivity contribution in [2.45, 2.75) is 57.8 Å². The van der Waals surface area contributed by atoms with Crippen LogP contribution in [-0.4, -0.2) is 57.5 Å². The number of rotatable bonds is 11. The second-order valence-electron chi connectivity index (χ2n) is 9.37. The number of benzene rings is 2. The maximum atomic E-state index is 13.1. The van der Waals surface area contributed by atoms with Gasteiger partial charge in [-0.05, 0) is 74.9 Å². The Hall–Kier alpha value is -3.40. The van der Waals surface area contributed by atoms with E-state index in [1.165, 1.54) is 18.2 Å². The number of likely N-dealkylation sites (tertiary alicyclic amines) is 1. The number of piperidine rings is 1. The fraction of sp³-hybridized carbons (Fsp3) is 0.464. The molecule has 3 rings (SSSR count). The van der Waals surface area contributed by atoms with Gasteiger partial charge < -0.3 is 14.4 Å². The molecule has 38 heavy (non-hydrogen) atoms. The van der Waals surface area contributed by atoms with Gasteiger partial charge in [-0.25, -0.2) is 13.2 Å². The minimum absolute atomic E-state index is 0.0275. The van der Waals surface area contributed by atoms with Crippen molar-refractivity contribution in [3.63, 3.8) is 0 Å². The van der Waals surface area contributed by atoms with Gasteiger partial charge >= 0.3 is 11.9 Å². The quantitative estimate of drug-likeness (QED) is 0.423. The van der Waals surface area contributed by atoms with E-state index in [0.29, 0.717) is 43.8 Å². The molecule has 1 aliphatic rings. The van der Waals surface area contributed by atoms with Crippen LogP contribution in [0, 0.1) is 12.8 Å². The summed E-state index contributed by atoms with van der Waals surface area (Å²) < 4.78 is 39.0. The van der Waals surface area contributed by atoms with Gasteiger partial charge in [0.25, 0.3) is 15.9 Å². The van der Waals surface area contributed by atoms with E-state index in [1.54, 1.807) is 30.9 Å². The summed E-state index contributed by atoms with van der Waals surface area (Å²) in [5.74, 6) is -1.65. The number of hydrogen-bond acceptors (Lipinski definition) is 7. The number of unbranched alkanes of at least 4 members (excludes halogenated alkanes) is 1. The first-order valence-electron chi connectivity index (χ1n) is 13.0. The monoisotopic (exact) mass is 544 g/mol. The first-order chi connectivity index (χ1) is 18.1. The van der Waals surface area contributed by atoms with Gasteiger partial charge in [-0.15, -0.1) is 0 Å². The first-order valence-corrected chi connectivity index (χ1v) is 14.5. The minimum Gasteiger partial charge on any atom is -0.466 e. The van der Waals surface area contributed by atoms with Crippen molar-refractivity contribution in [2.75, 3.05) is 31.0 Å². The molecule has 1 saturated heterocycles. The van der Waals surface area contributed by atoms with E-state index >= 15 is 0 Å². The van der Waals surface area contributed by atoms with Crippen LogP contribution in [-0.2, 0) is 35.5 Å². The van der Waals surface area contributed by atoms with Gasteiger partial charge in [0.2, 0.25) is 0 Å². The number of hydrogen-bond donors (Lipinski definition) is 1. The summed E-state index contributed by atoms with van der Waals surface area (Å²) in [6.45, 7) is 6.10. The molecule has 0 bridgehead atoms. The third-order valence-corrected chi connectivity index (χ3v) is 8.06. The molecule has 1 aliphatic heterocycles. The summed E-state index contributed by atoms with van der Waals surface area (Å²) in [5, 5.41) is 0. The van der Waals surface area contributed by atoms with Crippen molar-refractivity contribution in [1.82, 2.24) is 4.90 Å². The van der Waals surface area contributed by atoms with Crippen LogP contribution in [0.15, 0.2) is 47.4 Å². The van der Waals surface area contributed by atoms with Crippen LogP contribution in [0.1, 0.15) is 61.0 Å². The molecule has 10 heteroatoms. The predicted octanol–water partition coefficient (Wildman–Crippen LogP) is 4.10. The molecule has 1 heterocycles. The van der Waals surface area contributed by atoms with Crippen LogP contribution in [0.3, 0.4) is 0 Å². The zero-order valence-electron chi connectivity index (χ0n) is 22.2. The second-order valence-corrected chi connectivity index (χ2v) is 11.0. The van der Waals surface area contributed by atoms with Gasteiger partial charge in [-0.3, -0.25) is 14.3 Å². The van der Waals surface area contributed by atoms with E-state index in [2.05, 4.69) is 11.6 Å². The Bertz CT molecular complexity index is 1230. The van der Waals surface area contributed by atoms with Crippen LogP contribution in [0.2, 0.25) is 0 Å². The van der Waals surface area contributed by atoms with Gasteiger partial charge in [-0.1, -0.05) is 31.5 Å². The highest BCUT2D eigenvalue weighted by molar-refractivity contribution is 7.92. The summed E-state index contributed by atoms with van der Waals surface area (Å²) in [5.41, 5.74) is 2.05. The molecule has 2 aromatic carbocycles. The Morgan fingerprint density at radius 1 is 1.00 bits per heavy atom. The van der Waals surface area contributed by atoms with E-state index in [9.17, 15) is 22.8 Å². The van der Waals surface area contributed by atoms with Crippen LogP contribution >= 0.6 is 0 Å². The molecule has 1 N–H and O–H groups in total. The van der Waals surface area contributed by atoms with Gasteiger partial charge in [0.05, 0.1) is 23.0 Å². The number of carbonyl (C=O) groups excluding carboxylic acids is 3. The average molecular weight is 545 g/mol. The maximum Gasteiger partial charge on any atom is 0.338 e. The van der Waals surface area contributed by atoms with Crippen molar-refractivity contribution >= 4 is 33.6 Å². The third-order valence-electron chi connectivity index (χ3n) is 6.53. The van der Waals surface area contributed by atoms with E-state index in [4.69, 9.17) is 9.47 Å². The lowest BCUT2D eigenvalue weighted by molar-refractivity contribution is -0.151. The van der Waals surface area contributed by atoms with Crippen LogP contribution in [0.25, 0.3) is 0 Å². The molecule has 9 nitrogen and oxygen atoms in total. The SMILES string of the molecule is CCCCc1ccc(NS(=O)(=O)c2cc(C(=O)OCC(=O)N3CCC(C(=O)OCC)CC3)ccc2C)cc1. The topological polar surface area (TPSA) is 119 Å². The molecular weight excluding hydrogens is 508 g/mol. The normalized spacial score (nSPS) is 14.1. The third kappa shape index (κ3) is 7.80. The standard InChI is InChI=1S/C28H36N2O7S/c1-4-6-7-21-9-12-24(13-10-21)29-38(34,35)25-18-23(11-8-20(25)3)28(33)37-19-26(31)30-16-14-22(15-17-30)27(32)36-5-2/h8-13,18,22,29H,4-7,14-17,19H2,1-3H3. The smallest absolute Gasteiger partial charge is 0.338 e. The van der Waals surface area contributed by atoms with E-state index in [1.807, 2.05) is 12.1 Å². The molecule has 0 radical (unpaired) electrons. The van der Waals surface area contributed by atoms with Crippen molar-refractivity contribution < 1.29 is 32.3 Å². The number of sulfonamides is 1. The fourth-order valence-corrected chi connectivity index (χ4v) is 5.60. The van der Waals surface area contributed by atoms with Crippen molar-refractivity contribution in [3.8, 4) is 0 Å². The molecule has 1 amide bonds. The Balaban J connectivity index is 1.59. The molecule has 206 valence electrons. The van der Waals surface area contributed by atoms with Crippen molar-refractivity contribution in [1.29, 1.82) is 0 Å². The largest absolute Gasteiger partial charge is 0.466 e. The Labute approximate surface area is 224 Å². The second kappa shape index (κ2) is 13.4. The number of carbonyl (C=O) groups is 3. The van der Waals surface area contributed by atoms with Gasteiger partial charge in [0.1, 0.15) is 0 Å². The van der Waals surface area contributed by atoms with E-state index in [0.717, 1.165) is 24.8 Å². The summed E-state index contributed by atoms with van der Waals surface area (Å²) >= 11 is 0. The van der Waals surface area contributed by atoms with Crippen LogP contribution in [0.4, 0.5) is 5.69 Å². The zero-order chi connectivity index (χ0) is 27.7. The van der Waals surface area contributed by atoms with Crippen LogP contribution in [0.5, 0.6) is 0 Å². The molecule has 0 atom stereocenters. The average Bonchev–Trinajstić information content (AvgIpc) is 2.91.